The number of nitrogens with one attached hydrogen (secondary N) is 1. The van der Waals surface area contributed by atoms with Gasteiger partial charge < -0.3 is 11.1 Å². The number of nitrogens with zero attached hydrogens (tertiary/aromatic N) is 2. The molecule has 1 aromatic heterocycles. The first-order valence-corrected chi connectivity index (χ1v) is 6.28. The van der Waals surface area contributed by atoms with E-state index in [4.69, 9.17) is 5.73 Å². The first-order valence-electron chi connectivity index (χ1n) is 5.49. The molecule has 1 aliphatic heterocycles. The standard InChI is InChI=1S/C12H11BrN4O/c1-6-2-3-17(16-6)10-5-9-7(4-8(10)13)11(14)12(18)15-9/h2-5,11H,14H2,1H3,(H,15,18). The third-order valence-electron chi connectivity index (χ3n) is 2.96. The summed E-state index contributed by atoms with van der Waals surface area (Å²) in [4.78, 5) is 11.5. The van der Waals surface area contributed by atoms with Gasteiger partial charge in [0.25, 0.3) is 0 Å². The molecule has 1 aliphatic rings. The van der Waals surface area contributed by atoms with Crippen LogP contribution in [-0.2, 0) is 4.79 Å². The topological polar surface area (TPSA) is 72.9 Å². The number of carbonyl (C=O) groups is 1. The SMILES string of the molecule is Cc1ccn(-c2cc3c(cc2Br)C(N)C(=O)N3)n1. The average molecular weight is 307 g/mol. The Bertz CT molecular complexity index is 650. The van der Waals surface area contributed by atoms with Gasteiger partial charge in [-0.2, -0.15) is 5.10 Å². The maximum Gasteiger partial charge on any atom is 0.245 e. The number of amides is 1. The van der Waals surface area contributed by atoms with Crippen molar-refractivity contribution in [2.75, 3.05) is 5.32 Å². The minimum absolute atomic E-state index is 0.175. The highest BCUT2D eigenvalue weighted by Crippen LogP contribution is 2.35. The van der Waals surface area contributed by atoms with E-state index in [1.807, 2.05) is 31.3 Å². The van der Waals surface area contributed by atoms with E-state index in [9.17, 15) is 4.79 Å². The molecule has 1 atom stereocenters. The molecule has 0 saturated carbocycles. The maximum absolute atomic E-state index is 11.5. The van der Waals surface area contributed by atoms with Gasteiger partial charge in [0.2, 0.25) is 5.91 Å². The van der Waals surface area contributed by atoms with Crippen LogP contribution in [0.25, 0.3) is 5.69 Å². The zero-order chi connectivity index (χ0) is 12.9. The molecule has 0 radical (unpaired) electrons. The predicted octanol–water partition coefficient (Wildman–Crippen LogP) is 1.90. The van der Waals surface area contributed by atoms with Crippen LogP contribution >= 0.6 is 15.9 Å². The second kappa shape index (κ2) is 3.93. The largest absolute Gasteiger partial charge is 0.324 e. The van der Waals surface area contributed by atoms with Crippen LogP contribution in [0.2, 0.25) is 0 Å². The summed E-state index contributed by atoms with van der Waals surface area (Å²) < 4.78 is 2.62. The van der Waals surface area contributed by atoms with E-state index in [0.29, 0.717) is 0 Å². The van der Waals surface area contributed by atoms with Crippen molar-refractivity contribution in [1.29, 1.82) is 0 Å². The number of hydrogen-bond donors (Lipinski definition) is 2. The van der Waals surface area contributed by atoms with Gasteiger partial charge in [-0.25, -0.2) is 4.68 Å². The van der Waals surface area contributed by atoms with E-state index < -0.39 is 6.04 Å². The van der Waals surface area contributed by atoms with E-state index >= 15 is 0 Å². The van der Waals surface area contributed by atoms with Gasteiger partial charge >= 0.3 is 0 Å². The molecule has 0 aliphatic carbocycles. The van der Waals surface area contributed by atoms with E-state index in [1.54, 1.807) is 4.68 Å². The first-order chi connectivity index (χ1) is 8.56. The molecule has 2 aromatic rings. The van der Waals surface area contributed by atoms with Crippen molar-refractivity contribution in [3.8, 4) is 5.69 Å². The highest BCUT2D eigenvalue weighted by atomic mass is 79.9. The normalized spacial score (nSPS) is 17.7. The van der Waals surface area contributed by atoms with Crippen molar-refractivity contribution in [3.63, 3.8) is 0 Å². The average Bonchev–Trinajstić information content (AvgIpc) is 2.86. The minimum Gasteiger partial charge on any atom is -0.324 e. The molecule has 3 N–H and O–H groups in total. The molecule has 5 nitrogen and oxygen atoms in total. The van der Waals surface area contributed by atoms with Gasteiger partial charge in [0.05, 0.1) is 11.4 Å². The summed E-state index contributed by atoms with van der Waals surface area (Å²) >= 11 is 3.49. The van der Waals surface area contributed by atoms with Crippen molar-refractivity contribution >= 4 is 27.5 Å². The molecule has 18 heavy (non-hydrogen) atoms. The summed E-state index contributed by atoms with van der Waals surface area (Å²) in [6, 6.07) is 5.06. The zero-order valence-corrected chi connectivity index (χ0v) is 11.2. The van der Waals surface area contributed by atoms with Crippen molar-refractivity contribution < 1.29 is 4.79 Å². The molecule has 2 heterocycles. The monoisotopic (exact) mass is 306 g/mol. The number of anilines is 1. The Morgan fingerprint density at radius 2 is 2.28 bits per heavy atom. The fourth-order valence-corrected chi connectivity index (χ4v) is 2.56. The van der Waals surface area contributed by atoms with Gasteiger partial charge in [-0.05, 0) is 41.1 Å². The molecule has 1 unspecified atom stereocenters. The number of nitrogens with two attached hydrogens (primary N) is 1. The van der Waals surface area contributed by atoms with Crippen LogP contribution in [0.4, 0.5) is 5.69 Å². The molecule has 0 fully saturated rings. The number of fused-ring (bicyclic) bond motifs is 1. The Labute approximate surface area is 112 Å². The Morgan fingerprint density at radius 1 is 1.50 bits per heavy atom. The quantitative estimate of drug-likeness (QED) is 0.845. The lowest BCUT2D eigenvalue weighted by molar-refractivity contribution is -0.116. The number of rotatable bonds is 1. The van der Waals surface area contributed by atoms with E-state index in [0.717, 1.165) is 27.1 Å². The minimum atomic E-state index is -0.593. The molecule has 1 amide bonds. The molecule has 0 bridgehead atoms. The molecule has 1 aromatic carbocycles. The maximum atomic E-state index is 11.5. The first kappa shape index (κ1) is 11.4. The third kappa shape index (κ3) is 1.65. The van der Waals surface area contributed by atoms with Crippen LogP contribution in [0.15, 0.2) is 28.9 Å². The van der Waals surface area contributed by atoms with Crippen LogP contribution in [0.5, 0.6) is 0 Å². The highest BCUT2D eigenvalue weighted by Gasteiger charge is 2.28. The van der Waals surface area contributed by atoms with Crippen LogP contribution in [0.1, 0.15) is 17.3 Å². The number of halogens is 1. The van der Waals surface area contributed by atoms with Gasteiger partial charge in [-0.15, -0.1) is 0 Å². The van der Waals surface area contributed by atoms with Crippen LogP contribution < -0.4 is 11.1 Å². The van der Waals surface area contributed by atoms with Crippen molar-refractivity contribution in [2.24, 2.45) is 5.73 Å². The summed E-state index contributed by atoms with van der Waals surface area (Å²) in [6.07, 6.45) is 1.87. The Balaban J connectivity index is 2.14. The highest BCUT2D eigenvalue weighted by molar-refractivity contribution is 9.10. The van der Waals surface area contributed by atoms with Crippen molar-refractivity contribution in [2.45, 2.75) is 13.0 Å². The third-order valence-corrected chi connectivity index (χ3v) is 3.60. The Kier molecular flexibility index (Phi) is 2.49. The smallest absolute Gasteiger partial charge is 0.245 e. The van der Waals surface area contributed by atoms with Crippen LogP contribution in [0.3, 0.4) is 0 Å². The second-order valence-electron chi connectivity index (χ2n) is 4.26. The van der Waals surface area contributed by atoms with Crippen molar-refractivity contribution in [3.05, 3.63) is 40.1 Å². The van der Waals surface area contributed by atoms with E-state index in [1.165, 1.54) is 0 Å². The summed E-state index contributed by atoms with van der Waals surface area (Å²) in [5.41, 5.74) is 9.16. The summed E-state index contributed by atoms with van der Waals surface area (Å²) in [6.45, 7) is 1.93. The Hall–Kier alpha value is -1.66. The number of benzene rings is 1. The number of carbonyl (C=O) groups excluding carboxylic acids is 1. The van der Waals surface area contributed by atoms with Crippen molar-refractivity contribution in [1.82, 2.24) is 9.78 Å². The van der Waals surface area contributed by atoms with Crippen LogP contribution in [-0.4, -0.2) is 15.7 Å². The zero-order valence-electron chi connectivity index (χ0n) is 9.64. The summed E-state index contributed by atoms with van der Waals surface area (Å²) in [5.74, 6) is -0.175. The summed E-state index contributed by atoms with van der Waals surface area (Å²) in [5, 5.41) is 7.11. The van der Waals surface area contributed by atoms with Gasteiger partial charge in [-0.1, -0.05) is 0 Å². The fourth-order valence-electron chi connectivity index (χ4n) is 2.02. The van der Waals surface area contributed by atoms with Gasteiger partial charge in [-0.3, -0.25) is 4.79 Å². The van der Waals surface area contributed by atoms with Crippen LogP contribution in [0, 0.1) is 6.92 Å². The molecule has 0 spiro atoms. The molecule has 0 saturated heterocycles. The van der Waals surface area contributed by atoms with Gasteiger partial charge in [0.15, 0.2) is 0 Å². The molecule has 6 heteroatoms. The number of hydrogen-bond acceptors (Lipinski definition) is 3. The lowest BCUT2D eigenvalue weighted by Gasteiger charge is -2.08. The lowest BCUT2D eigenvalue weighted by atomic mass is 10.1. The number of aryl methyl sites for hydroxylation is 1. The van der Waals surface area contributed by atoms with E-state index in [-0.39, 0.29) is 5.91 Å². The predicted molar refractivity (Wildman–Crippen MR) is 71.6 cm³/mol. The molecular weight excluding hydrogens is 296 g/mol. The molecule has 3 rings (SSSR count). The number of aromatic nitrogens is 2. The molecule has 92 valence electrons. The van der Waals surface area contributed by atoms with E-state index in [2.05, 4.69) is 26.3 Å². The second-order valence-corrected chi connectivity index (χ2v) is 5.11. The summed E-state index contributed by atoms with van der Waals surface area (Å²) in [7, 11) is 0. The lowest BCUT2D eigenvalue weighted by Crippen LogP contribution is -2.19. The molecular formula is C12H11BrN4O. The van der Waals surface area contributed by atoms with Gasteiger partial charge in [0, 0.05) is 21.9 Å². The fraction of sp³-hybridized carbons (Fsp3) is 0.167. The van der Waals surface area contributed by atoms with Gasteiger partial charge in [0.1, 0.15) is 6.04 Å². The Morgan fingerprint density at radius 3 is 2.94 bits per heavy atom.